The Bertz CT molecular complexity index is 714. The van der Waals surface area contributed by atoms with Crippen molar-refractivity contribution in [2.45, 2.75) is 130 Å². The van der Waals surface area contributed by atoms with Gasteiger partial charge in [-0.05, 0) is 136 Å². The van der Waals surface area contributed by atoms with Crippen LogP contribution in [-0.4, -0.2) is 22.4 Å². The number of aliphatic hydroxyl groups is 2. The summed E-state index contributed by atoms with van der Waals surface area (Å²) in [4.78, 5) is 0. The van der Waals surface area contributed by atoms with E-state index in [2.05, 4.69) is 33.8 Å². The highest BCUT2D eigenvalue weighted by Gasteiger charge is 2.58. The Labute approximate surface area is 197 Å². The van der Waals surface area contributed by atoms with Gasteiger partial charge in [-0.3, -0.25) is 0 Å². The Morgan fingerprint density at radius 2 is 1.62 bits per heavy atom. The van der Waals surface area contributed by atoms with Gasteiger partial charge in [-0.1, -0.05) is 39.3 Å². The van der Waals surface area contributed by atoms with E-state index in [0.29, 0.717) is 16.2 Å². The fourth-order valence-corrected chi connectivity index (χ4v) is 9.64. The molecule has 0 bridgehead atoms. The van der Waals surface area contributed by atoms with Crippen molar-refractivity contribution in [3.8, 4) is 0 Å². The summed E-state index contributed by atoms with van der Waals surface area (Å²) >= 11 is 0. The summed E-state index contributed by atoms with van der Waals surface area (Å²) in [5.41, 5.74) is 2.89. The second-order valence-electron chi connectivity index (χ2n) is 14.2. The molecule has 0 aromatic rings. The first kappa shape index (κ1) is 23.4. The molecular formula is C30H50O2. The summed E-state index contributed by atoms with van der Waals surface area (Å²) in [6.45, 7) is 9.96. The van der Waals surface area contributed by atoms with Gasteiger partial charge in [0.25, 0.3) is 0 Å². The third-order valence-corrected chi connectivity index (χ3v) is 11.9. The van der Waals surface area contributed by atoms with Gasteiger partial charge >= 0.3 is 0 Å². The van der Waals surface area contributed by atoms with Gasteiger partial charge < -0.3 is 10.2 Å². The van der Waals surface area contributed by atoms with Gasteiger partial charge in [0, 0.05) is 0 Å². The van der Waals surface area contributed by atoms with Crippen LogP contribution in [0.2, 0.25) is 0 Å². The van der Waals surface area contributed by atoms with Gasteiger partial charge in [-0.2, -0.15) is 0 Å². The van der Waals surface area contributed by atoms with Crippen LogP contribution in [0.25, 0.3) is 0 Å². The molecule has 32 heavy (non-hydrogen) atoms. The SMILES string of the molecule is CC1(C)CCC(CC(O)CC2CCC3C4CC=C5C[C@@H](O)CCC5(C)C4CCC23C)CC1. The van der Waals surface area contributed by atoms with Crippen molar-refractivity contribution in [1.82, 2.24) is 0 Å². The summed E-state index contributed by atoms with van der Waals surface area (Å²) in [5, 5.41) is 21.4. The fourth-order valence-electron chi connectivity index (χ4n) is 9.64. The quantitative estimate of drug-likeness (QED) is 0.449. The van der Waals surface area contributed by atoms with Crippen LogP contribution in [0.3, 0.4) is 0 Å². The molecule has 0 aliphatic heterocycles. The van der Waals surface area contributed by atoms with Gasteiger partial charge in [-0.15, -0.1) is 0 Å². The molecule has 7 unspecified atom stereocenters. The van der Waals surface area contributed by atoms with E-state index in [1.165, 1.54) is 64.2 Å². The van der Waals surface area contributed by atoms with Crippen LogP contribution in [0.4, 0.5) is 0 Å². The van der Waals surface area contributed by atoms with Crippen LogP contribution in [0.15, 0.2) is 11.6 Å². The number of hydrogen-bond donors (Lipinski definition) is 2. The topological polar surface area (TPSA) is 40.5 Å². The molecule has 8 atom stereocenters. The molecule has 0 aromatic heterocycles. The number of hydrogen-bond acceptors (Lipinski definition) is 2. The Kier molecular flexibility index (Phi) is 6.14. The number of rotatable bonds is 4. The van der Waals surface area contributed by atoms with Crippen molar-refractivity contribution < 1.29 is 10.2 Å². The zero-order valence-corrected chi connectivity index (χ0v) is 21.4. The maximum atomic E-state index is 11.1. The highest BCUT2D eigenvalue weighted by molar-refractivity contribution is 5.25. The molecule has 0 saturated heterocycles. The fraction of sp³-hybridized carbons (Fsp3) is 0.933. The Morgan fingerprint density at radius 1 is 0.875 bits per heavy atom. The lowest BCUT2D eigenvalue weighted by Gasteiger charge is -2.58. The van der Waals surface area contributed by atoms with Gasteiger partial charge in [0.15, 0.2) is 0 Å². The van der Waals surface area contributed by atoms with Gasteiger partial charge in [-0.25, -0.2) is 0 Å². The van der Waals surface area contributed by atoms with Gasteiger partial charge in [0.05, 0.1) is 12.2 Å². The largest absolute Gasteiger partial charge is 0.393 e. The first-order chi connectivity index (χ1) is 15.1. The lowest BCUT2D eigenvalue weighted by atomic mass is 9.47. The minimum absolute atomic E-state index is 0.0882. The number of allylic oxidation sites excluding steroid dienone is 1. The van der Waals surface area contributed by atoms with Crippen molar-refractivity contribution in [3.05, 3.63) is 11.6 Å². The number of aliphatic hydroxyl groups excluding tert-OH is 2. The average Bonchev–Trinajstić information content (AvgIpc) is 3.06. The second kappa shape index (κ2) is 8.40. The van der Waals surface area contributed by atoms with E-state index in [1.54, 1.807) is 5.57 Å². The van der Waals surface area contributed by atoms with Crippen LogP contribution in [0.1, 0.15) is 118 Å². The molecule has 2 nitrogen and oxygen atoms in total. The van der Waals surface area contributed by atoms with Crippen LogP contribution in [0, 0.1) is 45.8 Å². The maximum Gasteiger partial charge on any atom is 0.0577 e. The lowest BCUT2D eigenvalue weighted by Crippen LogP contribution is -2.50. The molecule has 5 rings (SSSR count). The Morgan fingerprint density at radius 3 is 2.38 bits per heavy atom. The summed E-state index contributed by atoms with van der Waals surface area (Å²) in [5.74, 6) is 3.97. The van der Waals surface area contributed by atoms with Gasteiger partial charge in [0.2, 0.25) is 0 Å². The maximum absolute atomic E-state index is 11.1. The van der Waals surface area contributed by atoms with E-state index in [9.17, 15) is 10.2 Å². The van der Waals surface area contributed by atoms with E-state index in [0.717, 1.165) is 55.3 Å². The predicted molar refractivity (Wildman–Crippen MR) is 132 cm³/mol. The monoisotopic (exact) mass is 442 g/mol. The highest BCUT2D eigenvalue weighted by atomic mass is 16.3. The lowest BCUT2D eigenvalue weighted by molar-refractivity contribution is -0.0564. The third kappa shape index (κ3) is 4.04. The van der Waals surface area contributed by atoms with Gasteiger partial charge in [0.1, 0.15) is 0 Å². The minimum atomic E-state index is -0.104. The van der Waals surface area contributed by atoms with Crippen LogP contribution in [-0.2, 0) is 0 Å². The van der Waals surface area contributed by atoms with Crippen LogP contribution < -0.4 is 0 Å². The van der Waals surface area contributed by atoms with E-state index < -0.39 is 0 Å². The van der Waals surface area contributed by atoms with E-state index in [1.807, 2.05) is 0 Å². The Hall–Kier alpha value is -0.340. The average molecular weight is 443 g/mol. The normalized spacial score (nSPS) is 47.2. The molecule has 0 amide bonds. The first-order valence-electron chi connectivity index (χ1n) is 14.2. The van der Waals surface area contributed by atoms with Crippen LogP contribution in [0.5, 0.6) is 0 Å². The molecule has 0 aromatic carbocycles. The third-order valence-electron chi connectivity index (χ3n) is 11.9. The van der Waals surface area contributed by atoms with E-state index in [-0.39, 0.29) is 12.2 Å². The molecule has 2 N–H and O–H groups in total. The smallest absolute Gasteiger partial charge is 0.0577 e. The van der Waals surface area contributed by atoms with Crippen molar-refractivity contribution in [3.63, 3.8) is 0 Å². The first-order valence-corrected chi connectivity index (χ1v) is 14.2. The molecule has 5 aliphatic rings. The van der Waals surface area contributed by atoms with Crippen molar-refractivity contribution in [1.29, 1.82) is 0 Å². The highest BCUT2D eigenvalue weighted by Crippen LogP contribution is 2.66. The molecular weight excluding hydrogens is 392 g/mol. The molecule has 0 radical (unpaired) electrons. The molecule has 0 spiro atoms. The zero-order chi connectivity index (χ0) is 22.7. The van der Waals surface area contributed by atoms with E-state index in [4.69, 9.17) is 0 Å². The summed E-state index contributed by atoms with van der Waals surface area (Å²) in [6.07, 6.45) is 19.6. The molecule has 2 heteroatoms. The summed E-state index contributed by atoms with van der Waals surface area (Å²) in [7, 11) is 0. The van der Waals surface area contributed by atoms with E-state index >= 15 is 0 Å². The number of fused-ring (bicyclic) bond motifs is 5. The summed E-state index contributed by atoms with van der Waals surface area (Å²) in [6, 6.07) is 0. The minimum Gasteiger partial charge on any atom is -0.393 e. The molecule has 4 fully saturated rings. The second-order valence-corrected chi connectivity index (χ2v) is 14.2. The van der Waals surface area contributed by atoms with Crippen molar-refractivity contribution in [2.75, 3.05) is 0 Å². The standard InChI is InChI=1S/C30H50O2/c1-28(2)13-9-20(10-14-28)17-24(32)19-22-6-8-26-25-7-5-21-18-23(31)11-15-29(21,3)27(25)12-16-30(22,26)4/h5,20,22-27,31-32H,6-19H2,1-4H3/t22?,23-,24?,25?,26?,27?,29?,30?/m0/s1. The van der Waals surface area contributed by atoms with Crippen molar-refractivity contribution >= 4 is 0 Å². The molecule has 5 aliphatic carbocycles. The molecule has 0 heterocycles. The zero-order valence-electron chi connectivity index (χ0n) is 21.4. The Balaban J connectivity index is 1.23. The summed E-state index contributed by atoms with van der Waals surface area (Å²) < 4.78 is 0. The molecule has 4 saturated carbocycles. The molecule has 182 valence electrons. The van der Waals surface area contributed by atoms with Crippen LogP contribution >= 0.6 is 0 Å². The van der Waals surface area contributed by atoms with Crippen molar-refractivity contribution in [2.24, 2.45) is 45.8 Å². The predicted octanol–water partition coefficient (Wildman–Crippen LogP) is 7.28.